The van der Waals surface area contributed by atoms with Crippen LogP contribution in [0.1, 0.15) is 28.4 Å². The predicted octanol–water partition coefficient (Wildman–Crippen LogP) is 3.56. The van der Waals surface area contributed by atoms with E-state index in [1.165, 1.54) is 18.3 Å². The summed E-state index contributed by atoms with van der Waals surface area (Å²) in [5.74, 6) is -0.352. The molecular formula is C25H27FN6O3. The van der Waals surface area contributed by atoms with E-state index in [1.54, 1.807) is 12.1 Å². The van der Waals surface area contributed by atoms with Gasteiger partial charge in [0.15, 0.2) is 5.82 Å². The van der Waals surface area contributed by atoms with Gasteiger partial charge in [-0.05, 0) is 43.7 Å². The van der Waals surface area contributed by atoms with Crippen molar-refractivity contribution >= 4 is 40.1 Å². The predicted molar refractivity (Wildman–Crippen MR) is 132 cm³/mol. The minimum absolute atomic E-state index is 0.155. The second kappa shape index (κ2) is 9.10. The Hall–Kier alpha value is -3.79. The van der Waals surface area contributed by atoms with Crippen molar-refractivity contribution < 1.29 is 18.7 Å². The summed E-state index contributed by atoms with van der Waals surface area (Å²) < 4.78 is 20.3. The number of nitrogens with zero attached hydrogens (tertiary/aromatic N) is 5. The van der Waals surface area contributed by atoms with E-state index in [9.17, 15) is 9.59 Å². The van der Waals surface area contributed by atoms with E-state index in [1.807, 2.05) is 26.0 Å². The number of methoxy groups -OCH3 is 1. The molecule has 0 spiro atoms. The third-order valence-electron chi connectivity index (χ3n) is 6.69. The van der Waals surface area contributed by atoms with Gasteiger partial charge in [-0.3, -0.25) is 9.80 Å². The molecule has 2 aliphatic heterocycles. The Kier molecular flexibility index (Phi) is 5.98. The van der Waals surface area contributed by atoms with Crippen molar-refractivity contribution in [1.29, 1.82) is 0 Å². The molecule has 3 aromatic rings. The number of esters is 1. The van der Waals surface area contributed by atoms with Gasteiger partial charge in [-0.15, -0.1) is 0 Å². The molecule has 0 saturated carbocycles. The second-order valence-electron chi connectivity index (χ2n) is 8.75. The largest absolute Gasteiger partial charge is 0.465 e. The first-order chi connectivity index (χ1) is 16.9. The number of hydrogen-bond donors (Lipinski definition) is 1. The average molecular weight is 479 g/mol. The normalized spacial score (nSPS) is 15.9. The molecule has 35 heavy (non-hydrogen) atoms. The van der Waals surface area contributed by atoms with Crippen LogP contribution in [0.3, 0.4) is 0 Å². The molecule has 10 heteroatoms. The lowest BCUT2D eigenvalue weighted by Crippen LogP contribution is -2.46. The smallest absolute Gasteiger partial charge is 0.337 e. The number of amides is 2. The van der Waals surface area contributed by atoms with Gasteiger partial charge < -0.3 is 15.0 Å². The molecule has 0 unspecified atom stereocenters. The van der Waals surface area contributed by atoms with Gasteiger partial charge >= 0.3 is 12.0 Å². The molecule has 0 bridgehead atoms. The number of halogens is 1. The number of piperazine rings is 1. The Labute approximate surface area is 202 Å². The molecule has 182 valence electrons. The fourth-order valence-electron chi connectivity index (χ4n) is 4.88. The molecule has 2 aromatic carbocycles. The molecule has 3 heterocycles. The SMILES string of the molecule is CCN1C(=O)Nc2c(F)c(CN3CCN(c4ccc(C(=O)OC)cc4C)CC3)cc3ncnc1c23. The van der Waals surface area contributed by atoms with Gasteiger partial charge in [-0.2, -0.15) is 0 Å². The summed E-state index contributed by atoms with van der Waals surface area (Å²) in [5.41, 5.74) is 3.88. The molecule has 0 aliphatic carbocycles. The van der Waals surface area contributed by atoms with Gasteiger partial charge in [-0.25, -0.2) is 23.9 Å². The van der Waals surface area contributed by atoms with E-state index in [-0.39, 0.29) is 11.7 Å². The molecule has 1 aromatic heterocycles. The highest BCUT2D eigenvalue weighted by Gasteiger charge is 2.30. The number of hydrogen-bond acceptors (Lipinski definition) is 7. The van der Waals surface area contributed by atoms with Crippen LogP contribution in [-0.4, -0.2) is 66.7 Å². The number of aryl methyl sites for hydroxylation is 1. The van der Waals surface area contributed by atoms with E-state index in [0.29, 0.717) is 40.9 Å². The Morgan fingerprint density at radius 1 is 1.17 bits per heavy atom. The van der Waals surface area contributed by atoms with Crippen molar-refractivity contribution in [2.24, 2.45) is 0 Å². The Balaban J connectivity index is 1.34. The van der Waals surface area contributed by atoms with Crippen molar-refractivity contribution in [3.63, 3.8) is 0 Å². The number of ether oxygens (including phenoxy) is 1. The van der Waals surface area contributed by atoms with Crippen molar-refractivity contribution in [1.82, 2.24) is 14.9 Å². The van der Waals surface area contributed by atoms with Gasteiger partial charge in [0.05, 0.1) is 29.3 Å². The summed E-state index contributed by atoms with van der Waals surface area (Å²) in [6.45, 7) is 7.70. The van der Waals surface area contributed by atoms with Crippen LogP contribution in [0, 0.1) is 12.7 Å². The topological polar surface area (TPSA) is 90.9 Å². The third-order valence-corrected chi connectivity index (χ3v) is 6.69. The second-order valence-corrected chi connectivity index (χ2v) is 8.75. The maximum atomic E-state index is 15.5. The molecular weight excluding hydrogens is 451 g/mol. The molecule has 1 fully saturated rings. The Morgan fingerprint density at radius 2 is 1.94 bits per heavy atom. The molecule has 9 nitrogen and oxygen atoms in total. The fraction of sp³-hybridized carbons (Fsp3) is 0.360. The molecule has 2 aliphatic rings. The number of benzene rings is 2. The molecule has 0 radical (unpaired) electrons. The van der Waals surface area contributed by atoms with Crippen LogP contribution in [0.5, 0.6) is 0 Å². The number of carbonyl (C=O) groups is 2. The highest BCUT2D eigenvalue weighted by atomic mass is 19.1. The van der Waals surface area contributed by atoms with E-state index in [2.05, 4.69) is 25.1 Å². The van der Waals surface area contributed by atoms with Gasteiger partial charge in [0, 0.05) is 50.5 Å². The van der Waals surface area contributed by atoms with Crippen LogP contribution in [0.15, 0.2) is 30.6 Å². The summed E-state index contributed by atoms with van der Waals surface area (Å²) in [6, 6.07) is 6.93. The molecule has 2 amide bonds. The third kappa shape index (κ3) is 4.03. The first kappa shape index (κ1) is 23.0. The summed E-state index contributed by atoms with van der Waals surface area (Å²) in [4.78, 5) is 38.8. The lowest BCUT2D eigenvalue weighted by Gasteiger charge is -2.37. The van der Waals surface area contributed by atoms with E-state index in [0.717, 1.165) is 37.4 Å². The van der Waals surface area contributed by atoms with Crippen molar-refractivity contribution in [3.05, 3.63) is 53.1 Å². The zero-order valence-corrected chi connectivity index (χ0v) is 20.0. The van der Waals surface area contributed by atoms with E-state index in [4.69, 9.17) is 4.74 Å². The first-order valence-corrected chi connectivity index (χ1v) is 11.6. The zero-order chi connectivity index (χ0) is 24.7. The maximum absolute atomic E-state index is 15.5. The monoisotopic (exact) mass is 478 g/mol. The Bertz CT molecular complexity index is 1320. The number of nitrogens with one attached hydrogen (secondary N) is 1. The van der Waals surface area contributed by atoms with Gasteiger partial charge in [0.2, 0.25) is 0 Å². The highest BCUT2D eigenvalue weighted by Crippen LogP contribution is 2.38. The van der Waals surface area contributed by atoms with Crippen LogP contribution in [0.25, 0.3) is 10.9 Å². The van der Waals surface area contributed by atoms with Crippen LogP contribution in [0.4, 0.5) is 26.4 Å². The standard InChI is InChI=1S/C25H27FN6O3/c1-4-32-23-20-18(27-14-28-23)12-17(21(26)22(20)29-25(32)34)13-30-7-9-31(10-8-30)19-6-5-16(11-15(19)2)24(33)35-3/h5-6,11-12,14H,4,7-10,13H2,1-3H3,(H,29,34). The van der Waals surface area contributed by atoms with Crippen molar-refractivity contribution in [2.75, 3.05) is 55.0 Å². The Morgan fingerprint density at radius 3 is 2.63 bits per heavy atom. The highest BCUT2D eigenvalue weighted by molar-refractivity contribution is 6.17. The molecule has 1 saturated heterocycles. The zero-order valence-electron chi connectivity index (χ0n) is 20.0. The average Bonchev–Trinajstić information content (AvgIpc) is 2.87. The summed E-state index contributed by atoms with van der Waals surface area (Å²) in [7, 11) is 1.37. The van der Waals surface area contributed by atoms with Crippen LogP contribution < -0.4 is 15.1 Å². The van der Waals surface area contributed by atoms with E-state index >= 15 is 4.39 Å². The number of urea groups is 1. The van der Waals surface area contributed by atoms with E-state index < -0.39 is 11.8 Å². The van der Waals surface area contributed by atoms with Crippen LogP contribution in [-0.2, 0) is 11.3 Å². The van der Waals surface area contributed by atoms with Gasteiger partial charge in [0.25, 0.3) is 0 Å². The van der Waals surface area contributed by atoms with Crippen LogP contribution >= 0.6 is 0 Å². The minimum Gasteiger partial charge on any atom is -0.465 e. The summed E-state index contributed by atoms with van der Waals surface area (Å²) >= 11 is 0. The van der Waals surface area contributed by atoms with Gasteiger partial charge in [0.1, 0.15) is 12.1 Å². The number of anilines is 3. The first-order valence-electron chi connectivity index (χ1n) is 11.6. The number of aromatic nitrogens is 2. The summed E-state index contributed by atoms with van der Waals surface area (Å²) in [6.07, 6.45) is 1.41. The van der Waals surface area contributed by atoms with Gasteiger partial charge in [-0.1, -0.05) is 0 Å². The lowest BCUT2D eigenvalue weighted by molar-refractivity contribution is 0.0600. The summed E-state index contributed by atoms with van der Waals surface area (Å²) in [5, 5.41) is 3.23. The quantitative estimate of drug-likeness (QED) is 0.561. The lowest BCUT2D eigenvalue weighted by atomic mass is 10.0. The molecule has 0 atom stereocenters. The number of rotatable bonds is 5. The van der Waals surface area contributed by atoms with Crippen LogP contribution in [0.2, 0.25) is 0 Å². The van der Waals surface area contributed by atoms with Crippen molar-refractivity contribution in [2.45, 2.75) is 20.4 Å². The maximum Gasteiger partial charge on any atom is 0.337 e. The minimum atomic E-state index is -0.436. The number of carbonyl (C=O) groups excluding carboxylic acids is 2. The van der Waals surface area contributed by atoms with Crippen molar-refractivity contribution in [3.8, 4) is 0 Å². The molecule has 1 N–H and O–H groups in total. The molecule has 5 rings (SSSR count). The fourth-order valence-corrected chi connectivity index (χ4v) is 4.88.